The highest BCUT2D eigenvalue weighted by molar-refractivity contribution is 5.75. The van der Waals surface area contributed by atoms with E-state index in [-0.39, 0.29) is 0 Å². The Bertz CT molecular complexity index is 380. The van der Waals surface area contributed by atoms with Crippen molar-refractivity contribution in [2.24, 2.45) is 0 Å². The summed E-state index contributed by atoms with van der Waals surface area (Å²) in [6.45, 7) is 6.51. The standard InChI is InChI=1S/C9H14N2O3/c1-6-7(2)11(14)5-10(6)9(3,4)8(12)13/h5H,1-4H3,(H,12,13). The van der Waals surface area contributed by atoms with E-state index in [2.05, 4.69) is 0 Å². The highest BCUT2D eigenvalue weighted by atomic mass is 16.5. The highest BCUT2D eigenvalue weighted by Gasteiger charge is 2.36. The summed E-state index contributed by atoms with van der Waals surface area (Å²) in [5.74, 6) is -0.962. The van der Waals surface area contributed by atoms with E-state index < -0.39 is 11.5 Å². The van der Waals surface area contributed by atoms with Gasteiger partial charge in [-0.3, -0.25) is 0 Å². The molecule has 0 saturated carbocycles. The Balaban J connectivity index is 3.33. The van der Waals surface area contributed by atoms with Gasteiger partial charge in [0.2, 0.25) is 11.9 Å². The van der Waals surface area contributed by atoms with Crippen LogP contribution in [0, 0.1) is 19.1 Å². The second-order valence-corrected chi connectivity index (χ2v) is 3.85. The van der Waals surface area contributed by atoms with E-state index >= 15 is 0 Å². The molecule has 0 atom stereocenters. The summed E-state index contributed by atoms with van der Waals surface area (Å²) >= 11 is 0. The number of carboxylic acid groups (broad SMARTS) is 1. The Morgan fingerprint density at radius 2 is 2.07 bits per heavy atom. The van der Waals surface area contributed by atoms with Gasteiger partial charge in [0.05, 0.1) is 0 Å². The predicted octanol–water partition coefficient (Wildman–Crippen LogP) is 0.558. The first-order chi connectivity index (χ1) is 6.28. The number of aliphatic carboxylic acids is 1. The molecule has 1 N–H and O–H groups in total. The molecule has 5 heteroatoms. The fraction of sp³-hybridized carbons (Fsp3) is 0.556. The Morgan fingerprint density at radius 3 is 2.36 bits per heavy atom. The third-order valence-corrected chi connectivity index (χ3v) is 2.56. The lowest BCUT2D eigenvalue weighted by molar-refractivity contribution is -0.611. The van der Waals surface area contributed by atoms with Crippen LogP contribution in [0.15, 0.2) is 6.33 Å². The first kappa shape index (κ1) is 10.6. The molecule has 0 fully saturated rings. The van der Waals surface area contributed by atoms with Crippen molar-refractivity contribution in [2.45, 2.75) is 33.2 Å². The molecule has 0 aliphatic heterocycles. The van der Waals surface area contributed by atoms with E-state index in [9.17, 15) is 10.0 Å². The van der Waals surface area contributed by atoms with Gasteiger partial charge in [0, 0.05) is 13.8 Å². The van der Waals surface area contributed by atoms with E-state index in [0.717, 1.165) is 0 Å². The summed E-state index contributed by atoms with van der Waals surface area (Å²) in [6, 6.07) is 0. The van der Waals surface area contributed by atoms with Crippen LogP contribution in [0.1, 0.15) is 25.2 Å². The normalized spacial score (nSPS) is 11.7. The lowest BCUT2D eigenvalue weighted by Gasteiger charge is -2.16. The van der Waals surface area contributed by atoms with Gasteiger partial charge in [-0.05, 0) is 13.8 Å². The van der Waals surface area contributed by atoms with E-state index in [0.29, 0.717) is 16.1 Å². The number of aromatic nitrogens is 2. The maximum Gasteiger partial charge on any atom is 0.351 e. The molecular weight excluding hydrogens is 184 g/mol. The molecular formula is C9H14N2O3. The van der Waals surface area contributed by atoms with Crippen LogP contribution in [0.3, 0.4) is 0 Å². The summed E-state index contributed by atoms with van der Waals surface area (Å²) < 4.78 is 2.15. The van der Waals surface area contributed by atoms with E-state index in [4.69, 9.17) is 5.11 Å². The molecule has 0 saturated heterocycles. The Kier molecular flexibility index (Phi) is 2.27. The van der Waals surface area contributed by atoms with Crippen LogP contribution in [0.4, 0.5) is 0 Å². The van der Waals surface area contributed by atoms with Crippen molar-refractivity contribution < 1.29 is 14.6 Å². The van der Waals surface area contributed by atoms with Crippen LogP contribution in [0.25, 0.3) is 0 Å². The van der Waals surface area contributed by atoms with Gasteiger partial charge in [0.1, 0.15) is 11.4 Å². The second-order valence-electron chi connectivity index (χ2n) is 3.85. The molecule has 1 aromatic rings. The quantitative estimate of drug-likeness (QED) is 0.557. The van der Waals surface area contributed by atoms with Crippen LogP contribution in [-0.4, -0.2) is 15.6 Å². The van der Waals surface area contributed by atoms with Gasteiger partial charge < -0.3 is 10.3 Å². The second kappa shape index (κ2) is 3.01. The number of carboxylic acids is 1. The van der Waals surface area contributed by atoms with Gasteiger partial charge >= 0.3 is 5.97 Å². The molecule has 78 valence electrons. The van der Waals surface area contributed by atoms with Crippen LogP contribution >= 0.6 is 0 Å². The van der Waals surface area contributed by atoms with Crippen LogP contribution in [0.5, 0.6) is 0 Å². The summed E-state index contributed by atoms with van der Waals surface area (Å²) in [7, 11) is 0. The molecule has 0 aliphatic rings. The summed E-state index contributed by atoms with van der Waals surface area (Å²) in [5, 5.41) is 20.2. The lowest BCUT2D eigenvalue weighted by atomic mass is 10.1. The van der Waals surface area contributed by atoms with Gasteiger partial charge in [-0.1, -0.05) is 0 Å². The summed E-state index contributed by atoms with van der Waals surface area (Å²) in [5.41, 5.74) is 0.108. The SMILES string of the molecule is Cc1c(C)[n+]([O-])cn1C(C)(C)C(=O)O. The third-order valence-electron chi connectivity index (χ3n) is 2.56. The van der Waals surface area contributed by atoms with Crippen molar-refractivity contribution in [2.75, 3.05) is 0 Å². The monoisotopic (exact) mass is 198 g/mol. The molecule has 0 aromatic carbocycles. The Morgan fingerprint density at radius 1 is 1.57 bits per heavy atom. The smallest absolute Gasteiger partial charge is 0.351 e. The molecule has 5 nitrogen and oxygen atoms in total. The van der Waals surface area contributed by atoms with Crippen molar-refractivity contribution >= 4 is 5.97 Å². The maximum atomic E-state index is 11.2. The Labute approximate surface area is 82.2 Å². The molecule has 0 amide bonds. The minimum Gasteiger partial charge on any atom is -0.711 e. The largest absolute Gasteiger partial charge is 0.711 e. The van der Waals surface area contributed by atoms with Gasteiger partial charge in [-0.15, -0.1) is 0 Å². The fourth-order valence-corrected chi connectivity index (χ4v) is 1.28. The zero-order valence-corrected chi connectivity index (χ0v) is 8.74. The van der Waals surface area contributed by atoms with E-state index in [1.54, 1.807) is 27.7 Å². The topological polar surface area (TPSA) is 69.2 Å². The van der Waals surface area contributed by atoms with Gasteiger partial charge in [-0.2, -0.15) is 0 Å². The highest BCUT2D eigenvalue weighted by Crippen LogP contribution is 2.18. The minimum absolute atomic E-state index is 0.527. The zero-order chi connectivity index (χ0) is 11.1. The van der Waals surface area contributed by atoms with Crippen molar-refractivity contribution in [1.82, 2.24) is 4.57 Å². The molecule has 1 aromatic heterocycles. The molecule has 1 rings (SSSR count). The maximum absolute atomic E-state index is 11.2. The van der Waals surface area contributed by atoms with E-state index in [1.165, 1.54) is 10.9 Å². The molecule has 0 radical (unpaired) electrons. The number of hydrogen-bond donors (Lipinski definition) is 1. The van der Waals surface area contributed by atoms with Crippen LogP contribution in [-0.2, 0) is 10.3 Å². The minimum atomic E-state index is -1.09. The van der Waals surface area contributed by atoms with Crippen molar-refractivity contribution in [3.63, 3.8) is 0 Å². The number of nitrogens with zero attached hydrogens (tertiary/aromatic N) is 2. The number of carbonyl (C=O) groups is 1. The molecule has 14 heavy (non-hydrogen) atoms. The fourth-order valence-electron chi connectivity index (χ4n) is 1.28. The average Bonchev–Trinajstić information content (AvgIpc) is 2.33. The molecule has 0 aliphatic carbocycles. The number of imidazole rings is 1. The summed E-state index contributed by atoms with van der Waals surface area (Å²) in [4.78, 5) is 11.0. The zero-order valence-electron chi connectivity index (χ0n) is 8.74. The average molecular weight is 198 g/mol. The molecule has 1 heterocycles. The predicted molar refractivity (Wildman–Crippen MR) is 49.8 cm³/mol. The Hall–Kier alpha value is -1.52. The third kappa shape index (κ3) is 1.34. The number of rotatable bonds is 2. The molecule has 0 spiro atoms. The molecule has 0 bridgehead atoms. The first-order valence-electron chi connectivity index (χ1n) is 4.30. The van der Waals surface area contributed by atoms with Gasteiger partial charge in [0.25, 0.3) is 0 Å². The van der Waals surface area contributed by atoms with Crippen molar-refractivity contribution in [3.05, 3.63) is 22.9 Å². The van der Waals surface area contributed by atoms with Gasteiger partial charge in [0.15, 0.2) is 0 Å². The van der Waals surface area contributed by atoms with E-state index in [1.807, 2.05) is 0 Å². The molecule has 0 unspecified atom stereocenters. The van der Waals surface area contributed by atoms with Crippen LogP contribution < -0.4 is 4.73 Å². The van der Waals surface area contributed by atoms with Crippen molar-refractivity contribution in [1.29, 1.82) is 0 Å². The first-order valence-corrected chi connectivity index (χ1v) is 4.30. The van der Waals surface area contributed by atoms with Crippen molar-refractivity contribution in [3.8, 4) is 0 Å². The summed E-state index contributed by atoms with van der Waals surface area (Å²) in [6.07, 6.45) is 1.26. The van der Waals surface area contributed by atoms with Crippen LogP contribution in [0.2, 0.25) is 0 Å². The lowest BCUT2D eigenvalue weighted by Crippen LogP contribution is -2.37. The van der Waals surface area contributed by atoms with Gasteiger partial charge in [-0.25, -0.2) is 14.1 Å². The number of hydrogen-bond acceptors (Lipinski definition) is 2.